The first-order chi connectivity index (χ1) is 5.00. The number of hydrogen-bond acceptors (Lipinski definition) is 0. The standard InChI is InChI=1S/2C5H5.2BrH.Zr/c2*1-2-4-5-3-1;;;/h2*1-5H;2*1H;/q2*-1;;;+4/p-2. The molecule has 0 saturated carbocycles. The van der Waals surface area contributed by atoms with E-state index in [4.69, 9.17) is 0 Å². The van der Waals surface area contributed by atoms with Crippen molar-refractivity contribution in [3.8, 4) is 0 Å². The predicted molar refractivity (Wildman–Crippen MR) is 44.1 cm³/mol. The normalized spacial score (nSPS) is 6.15. The van der Waals surface area contributed by atoms with Gasteiger partial charge in [0.15, 0.2) is 0 Å². The van der Waals surface area contributed by atoms with Crippen LogP contribution in [-0.4, -0.2) is 0 Å². The molecule has 0 aromatic heterocycles. The summed E-state index contributed by atoms with van der Waals surface area (Å²) in [5.41, 5.74) is 0. The SMILES string of the molecule is [Br-].[Br-].[Zr+4].c1cc[cH-]c1.c1cc[cH-]c1. The summed E-state index contributed by atoms with van der Waals surface area (Å²) in [5, 5.41) is 0. The molecule has 0 aliphatic rings. The van der Waals surface area contributed by atoms with Crippen molar-refractivity contribution in [1.29, 1.82) is 0 Å². The van der Waals surface area contributed by atoms with Crippen molar-refractivity contribution in [1.82, 2.24) is 0 Å². The van der Waals surface area contributed by atoms with Gasteiger partial charge in [-0.25, -0.2) is 24.3 Å². The molecular formula is C10H10Br2Zr. The maximum atomic E-state index is 2.00. The molecule has 2 aromatic carbocycles. The molecule has 68 valence electrons. The minimum atomic E-state index is 0. The van der Waals surface area contributed by atoms with E-state index in [0.717, 1.165) is 0 Å². The molecular weight excluding hydrogens is 371 g/mol. The molecule has 0 nitrogen and oxygen atoms in total. The topological polar surface area (TPSA) is 0 Å². The van der Waals surface area contributed by atoms with Gasteiger partial charge >= 0.3 is 26.2 Å². The first-order valence-electron chi connectivity index (χ1n) is 3.33. The van der Waals surface area contributed by atoms with Crippen LogP contribution >= 0.6 is 0 Å². The molecule has 0 heterocycles. The second-order valence-corrected chi connectivity index (χ2v) is 1.92. The third kappa shape index (κ3) is 12.5. The van der Waals surface area contributed by atoms with Crippen molar-refractivity contribution in [3.63, 3.8) is 0 Å². The van der Waals surface area contributed by atoms with Gasteiger partial charge in [-0.2, -0.15) is 36.4 Å². The van der Waals surface area contributed by atoms with Crippen molar-refractivity contribution in [2.75, 3.05) is 0 Å². The molecule has 0 radical (unpaired) electrons. The Morgan fingerprint density at radius 3 is 0.846 bits per heavy atom. The molecule has 3 heteroatoms. The summed E-state index contributed by atoms with van der Waals surface area (Å²) in [4.78, 5) is 0. The molecule has 0 bridgehead atoms. The number of rotatable bonds is 0. The first kappa shape index (κ1) is 19.2. The Morgan fingerprint density at radius 1 is 0.538 bits per heavy atom. The van der Waals surface area contributed by atoms with Crippen molar-refractivity contribution in [2.24, 2.45) is 0 Å². The van der Waals surface area contributed by atoms with Gasteiger partial charge in [-0.05, 0) is 0 Å². The van der Waals surface area contributed by atoms with Crippen LogP contribution in [0.1, 0.15) is 0 Å². The molecule has 0 aliphatic carbocycles. The third-order valence-corrected chi connectivity index (χ3v) is 1.11. The van der Waals surface area contributed by atoms with Gasteiger partial charge < -0.3 is 34.0 Å². The smallest absolute Gasteiger partial charge is 1.00 e. The summed E-state index contributed by atoms with van der Waals surface area (Å²) in [6.45, 7) is 0. The van der Waals surface area contributed by atoms with Crippen molar-refractivity contribution < 1.29 is 60.2 Å². The Hall–Kier alpha value is 0.543. The summed E-state index contributed by atoms with van der Waals surface area (Å²) in [5.74, 6) is 0. The zero-order chi connectivity index (χ0) is 7.07. The van der Waals surface area contributed by atoms with Crippen molar-refractivity contribution in [3.05, 3.63) is 60.7 Å². The van der Waals surface area contributed by atoms with Gasteiger partial charge in [0.2, 0.25) is 0 Å². The van der Waals surface area contributed by atoms with Crippen LogP contribution in [0.15, 0.2) is 60.7 Å². The van der Waals surface area contributed by atoms with E-state index in [9.17, 15) is 0 Å². The second-order valence-electron chi connectivity index (χ2n) is 1.92. The van der Waals surface area contributed by atoms with Crippen LogP contribution in [0.5, 0.6) is 0 Å². The van der Waals surface area contributed by atoms with E-state index in [2.05, 4.69) is 0 Å². The fourth-order valence-corrected chi connectivity index (χ4v) is 0.642. The molecule has 0 unspecified atom stereocenters. The zero-order valence-corrected chi connectivity index (χ0v) is 12.7. The van der Waals surface area contributed by atoms with Crippen LogP contribution in [0, 0.1) is 0 Å². The first-order valence-corrected chi connectivity index (χ1v) is 3.33. The van der Waals surface area contributed by atoms with E-state index in [0.29, 0.717) is 0 Å². The van der Waals surface area contributed by atoms with E-state index in [1.54, 1.807) is 0 Å². The summed E-state index contributed by atoms with van der Waals surface area (Å²) < 4.78 is 0. The Balaban J connectivity index is -0.000000125. The fraction of sp³-hybridized carbons (Fsp3) is 0. The Bertz CT molecular complexity index is 152. The molecule has 13 heavy (non-hydrogen) atoms. The predicted octanol–water partition coefficient (Wildman–Crippen LogP) is -3.18. The Morgan fingerprint density at radius 2 is 0.769 bits per heavy atom. The minimum absolute atomic E-state index is 0. The molecule has 0 N–H and O–H groups in total. The largest absolute Gasteiger partial charge is 4.00 e. The zero-order valence-electron chi connectivity index (χ0n) is 7.03. The Kier molecular flexibility index (Phi) is 22.2. The molecule has 2 aromatic rings. The van der Waals surface area contributed by atoms with Crippen LogP contribution in [0.3, 0.4) is 0 Å². The molecule has 0 aliphatic heterocycles. The Labute approximate surface area is 120 Å². The second kappa shape index (κ2) is 15.0. The van der Waals surface area contributed by atoms with Crippen molar-refractivity contribution in [2.45, 2.75) is 0 Å². The van der Waals surface area contributed by atoms with Crippen LogP contribution < -0.4 is 34.0 Å². The summed E-state index contributed by atoms with van der Waals surface area (Å²) in [6, 6.07) is 20.0. The van der Waals surface area contributed by atoms with Crippen molar-refractivity contribution >= 4 is 0 Å². The van der Waals surface area contributed by atoms with Gasteiger partial charge in [-0.15, -0.1) is 0 Å². The molecule has 0 amide bonds. The summed E-state index contributed by atoms with van der Waals surface area (Å²) in [6.07, 6.45) is 0. The number of hydrogen-bond donors (Lipinski definition) is 0. The molecule has 0 saturated heterocycles. The quantitative estimate of drug-likeness (QED) is 0.423. The van der Waals surface area contributed by atoms with Crippen LogP contribution in [0.4, 0.5) is 0 Å². The monoisotopic (exact) mass is 378 g/mol. The van der Waals surface area contributed by atoms with E-state index < -0.39 is 0 Å². The molecule has 0 spiro atoms. The molecule has 2 rings (SSSR count). The summed E-state index contributed by atoms with van der Waals surface area (Å²) in [7, 11) is 0. The molecule has 0 fully saturated rings. The van der Waals surface area contributed by atoms with Gasteiger partial charge in [0.25, 0.3) is 0 Å². The summed E-state index contributed by atoms with van der Waals surface area (Å²) >= 11 is 0. The third-order valence-electron chi connectivity index (χ3n) is 1.11. The van der Waals surface area contributed by atoms with E-state index in [1.165, 1.54) is 0 Å². The van der Waals surface area contributed by atoms with Crippen LogP contribution in [0.25, 0.3) is 0 Å². The van der Waals surface area contributed by atoms with E-state index in [-0.39, 0.29) is 60.2 Å². The van der Waals surface area contributed by atoms with Crippen LogP contribution in [0.2, 0.25) is 0 Å². The van der Waals surface area contributed by atoms with Gasteiger partial charge in [-0.1, -0.05) is 0 Å². The average molecular weight is 381 g/mol. The maximum absolute atomic E-state index is 2.00. The van der Waals surface area contributed by atoms with Gasteiger partial charge in [0, 0.05) is 0 Å². The molecule has 0 atom stereocenters. The maximum Gasteiger partial charge on any atom is 4.00 e. The van der Waals surface area contributed by atoms with E-state index >= 15 is 0 Å². The van der Waals surface area contributed by atoms with Crippen LogP contribution in [-0.2, 0) is 26.2 Å². The fourth-order valence-electron chi connectivity index (χ4n) is 0.642. The van der Waals surface area contributed by atoms with E-state index in [1.807, 2.05) is 60.7 Å². The van der Waals surface area contributed by atoms with Gasteiger partial charge in [-0.3, -0.25) is 0 Å². The van der Waals surface area contributed by atoms with Gasteiger partial charge in [0.05, 0.1) is 0 Å². The van der Waals surface area contributed by atoms with Gasteiger partial charge in [0.1, 0.15) is 0 Å². The average Bonchev–Trinajstić information content (AvgIpc) is 2.67. The minimum Gasteiger partial charge on any atom is -1.00 e. The number of halogens is 2.